The van der Waals surface area contributed by atoms with E-state index in [4.69, 9.17) is 9.56 Å². The van der Waals surface area contributed by atoms with Gasteiger partial charge in [0.1, 0.15) is 17.1 Å². The van der Waals surface area contributed by atoms with E-state index in [1.807, 2.05) is 6.92 Å². The summed E-state index contributed by atoms with van der Waals surface area (Å²) in [5.41, 5.74) is 0.252. The molecule has 4 rings (SSSR count). The van der Waals surface area contributed by atoms with Gasteiger partial charge in [0, 0.05) is 17.7 Å². The number of anilines is 1. The highest BCUT2D eigenvalue weighted by Gasteiger charge is 2.35. The molecule has 0 saturated heterocycles. The summed E-state index contributed by atoms with van der Waals surface area (Å²) in [6.07, 6.45) is 5.82. The zero-order valence-corrected chi connectivity index (χ0v) is 21.7. The third-order valence-corrected chi connectivity index (χ3v) is 7.75. The lowest BCUT2D eigenvalue weighted by atomic mass is 9.92. The molecule has 8 nitrogen and oxygen atoms in total. The molecule has 1 unspecified atom stereocenters. The summed E-state index contributed by atoms with van der Waals surface area (Å²) < 4.78 is 30.4. The molecule has 2 aromatic carbocycles. The molecule has 1 amide bonds. The van der Waals surface area contributed by atoms with E-state index in [0.717, 1.165) is 25.7 Å². The van der Waals surface area contributed by atoms with Gasteiger partial charge in [0.2, 0.25) is 10.0 Å². The predicted molar refractivity (Wildman–Crippen MR) is 141 cm³/mol. The van der Waals surface area contributed by atoms with E-state index in [2.05, 4.69) is 0 Å². The molecule has 1 aromatic heterocycles. The number of nitrogens with two attached hydrogens (primary N) is 1. The number of carbonyl (C=O) groups excluding carboxylic acids is 1. The number of para-hydroxylation sites is 1. The molecule has 1 heterocycles. The quantitative estimate of drug-likeness (QED) is 0.455. The Kier molecular flexibility index (Phi) is 8.14. The number of hydrogen-bond acceptors (Lipinski definition) is 6. The molecule has 0 radical (unpaired) electrons. The number of benzene rings is 2. The maximum atomic E-state index is 14.1. The maximum Gasteiger partial charge on any atom is 0.345 e. The Morgan fingerprint density at radius 1 is 1.03 bits per heavy atom. The van der Waals surface area contributed by atoms with Crippen LogP contribution in [0.2, 0.25) is 0 Å². The lowest BCUT2D eigenvalue weighted by Gasteiger charge is -2.33. The van der Waals surface area contributed by atoms with E-state index >= 15 is 0 Å². The summed E-state index contributed by atoms with van der Waals surface area (Å²) >= 11 is 0. The fourth-order valence-electron chi connectivity index (χ4n) is 5.04. The van der Waals surface area contributed by atoms with Crippen LogP contribution >= 0.6 is 0 Å². The number of aryl methyl sites for hydroxylation is 1. The molecule has 196 valence electrons. The van der Waals surface area contributed by atoms with Gasteiger partial charge in [-0.1, -0.05) is 56.5 Å². The number of carbonyl (C=O) groups is 1. The van der Waals surface area contributed by atoms with Crippen LogP contribution in [0.25, 0.3) is 0 Å². The highest BCUT2D eigenvalue weighted by molar-refractivity contribution is 7.89. The van der Waals surface area contributed by atoms with E-state index in [9.17, 15) is 23.1 Å². The van der Waals surface area contributed by atoms with Crippen LogP contribution < -0.4 is 15.7 Å². The Bertz CT molecular complexity index is 1430. The number of rotatable bonds is 7. The molecule has 1 atom stereocenters. The average Bonchev–Trinajstić information content (AvgIpc) is 2.85. The minimum atomic E-state index is -4.21. The molecule has 0 spiro atoms. The Morgan fingerprint density at radius 3 is 2.35 bits per heavy atom. The van der Waals surface area contributed by atoms with Crippen LogP contribution in [0.5, 0.6) is 5.75 Å². The first kappa shape index (κ1) is 26.6. The number of aromatic hydroxyl groups is 1. The Balaban J connectivity index is 1.94. The third kappa shape index (κ3) is 5.62. The summed E-state index contributed by atoms with van der Waals surface area (Å²) in [5.74, 6) is -0.293. The van der Waals surface area contributed by atoms with Crippen molar-refractivity contribution in [3.05, 3.63) is 87.5 Å². The number of nitrogens with zero attached hydrogens (tertiary/aromatic N) is 1. The fourth-order valence-corrected chi connectivity index (χ4v) is 5.77. The summed E-state index contributed by atoms with van der Waals surface area (Å²) in [7, 11) is -4.21. The highest BCUT2D eigenvalue weighted by Crippen LogP contribution is 2.39. The smallest absolute Gasteiger partial charge is 0.345 e. The second-order valence-corrected chi connectivity index (χ2v) is 10.9. The topological polar surface area (TPSA) is 131 Å². The van der Waals surface area contributed by atoms with E-state index in [1.54, 1.807) is 36.4 Å². The van der Waals surface area contributed by atoms with Crippen molar-refractivity contribution >= 4 is 21.6 Å². The molecule has 3 aromatic rings. The normalized spacial score (nSPS) is 14.8. The standard InChI is InChI=1S/C28H32N2O6S/c1-2-12-22(25-26(31)20-15-8-3-4-9-17-23(20)36-28(25)33)30(19-13-6-5-7-14-19)27(32)21-16-10-11-18-24(21)37(29,34)35/h5-7,10-11,13-14,16,18,22,31H,2-4,8-9,12,15,17H2,1H3,(H2,29,34,35). The van der Waals surface area contributed by atoms with E-state index in [0.29, 0.717) is 42.7 Å². The van der Waals surface area contributed by atoms with Gasteiger partial charge in [0.15, 0.2) is 0 Å². The van der Waals surface area contributed by atoms with Crippen LogP contribution in [0.1, 0.15) is 78.7 Å². The number of sulfonamides is 1. The summed E-state index contributed by atoms with van der Waals surface area (Å²) in [6.45, 7) is 1.91. The van der Waals surface area contributed by atoms with E-state index < -0.39 is 27.6 Å². The summed E-state index contributed by atoms with van der Waals surface area (Å²) in [6, 6.07) is 13.5. The first-order valence-corrected chi connectivity index (χ1v) is 14.2. The SMILES string of the molecule is CCCC(c1c(O)c2c(oc1=O)CCCCCC2)N(C(=O)c1ccccc1S(N)(=O)=O)c1ccccc1. The second kappa shape index (κ2) is 11.3. The summed E-state index contributed by atoms with van der Waals surface area (Å²) in [4.78, 5) is 28.5. The van der Waals surface area contributed by atoms with Gasteiger partial charge in [-0.3, -0.25) is 4.79 Å². The van der Waals surface area contributed by atoms with Crippen molar-refractivity contribution < 1.29 is 22.7 Å². The van der Waals surface area contributed by atoms with Gasteiger partial charge in [-0.25, -0.2) is 18.4 Å². The number of amides is 1. The highest BCUT2D eigenvalue weighted by atomic mass is 32.2. The van der Waals surface area contributed by atoms with Crippen LogP contribution in [0, 0.1) is 0 Å². The van der Waals surface area contributed by atoms with Crippen molar-refractivity contribution in [2.75, 3.05) is 4.90 Å². The molecule has 3 N–H and O–H groups in total. The van der Waals surface area contributed by atoms with Gasteiger partial charge in [0.25, 0.3) is 5.91 Å². The van der Waals surface area contributed by atoms with Crippen molar-refractivity contribution in [3.8, 4) is 5.75 Å². The molecule has 0 aliphatic heterocycles. The van der Waals surface area contributed by atoms with Crippen molar-refractivity contribution in [2.45, 2.75) is 69.2 Å². The number of primary sulfonamides is 1. The van der Waals surface area contributed by atoms with Crippen LogP contribution in [0.3, 0.4) is 0 Å². The third-order valence-electron chi connectivity index (χ3n) is 6.78. The van der Waals surface area contributed by atoms with Gasteiger partial charge >= 0.3 is 5.63 Å². The lowest BCUT2D eigenvalue weighted by Crippen LogP contribution is -2.38. The number of fused-ring (bicyclic) bond motifs is 1. The predicted octanol–water partition coefficient (Wildman–Crippen LogP) is 4.84. The van der Waals surface area contributed by atoms with Gasteiger partial charge in [-0.05, 0) is 49.9 Å². The zero-order valence-electron chi connectivity index (χ0n) is 20.9. The minimum absolute atomic E-state index is 0.00598. The van der Waals surface area contributed by atoms with Crippen molar-refractivity contribution in [3.63, 3.8) is 0 Å². The van der Waals surface area contributed by atoms with E-state index in [-0.39, 0.29) is 21.8 Å². The molecule has 1 aliphatic rings. The lowest BCUT2D eigenvalue weighted by molar-refractivity contribution is 0.0971. The van der Waals surface area contributed by atoms with Gasteiger partial charge in [0.05, 0.1) is 16.5 Å². The minimum Gasteiger partial charge on any atom is -0.507 e. The van der Waals surface area contributed by atoms with Crippen molar-refractivity contribution in [1.82, 2.24) is 0 Å². The van der Waals surface area contributed by atoms with Gasteiger partial charge < -0.3 is 14.4 Å². The summed E-state index contributed by atoms with van der Waals surface area (Å²) in [5, 5.41) is 16.9. The molecule has 9 heteroatoms. The first-order valence-electron chi connectivity index (χ1n) is 12.6. The van der Waals surface area contributed by atoms with E-state index in [1.165, 1.54) is 23.1 Å². The Hall–Kier alpha value is -3.43. The fraction of sp³-hybridized carbons (Fsp3) is 0.357. The molecular formula is C28H32N2O6S. The number of hydrogen-bond donors (Lipinski definition) is 2. The van der Waals surface area contributed by atoms with Crippen LogP contribution in [0.15, 0.2) is 68.7 Å². The first-order chi connectivity index (χ1) is 17.7. The molecular weight excluding hydrogens is 492 g/mol. The molecule has 1 aliphatic carbocycles. The van der Waals surface area contributed by atoms with Crippen molar-refractivity contribution in [1.29, 1.82) is 0 Å². The Labute approximate surface area is 216 Å². The molecule has 0 saturated carbocycles. The van der Waals surface area contributed by atoms with Gasteiger partial charge in [-0.2, -0.15) is 0 Å². The average molecular weight is 525 g/mol. The van der Waals surface area contributed by atoms with Crippen LogP contribution in [-0.4, -0.2) is 19.4 Å². The van der Waals surface area contributed by atoms with Crippen molar-refractivity contribution in [2.24, 2.45) is 5.14 Å². The zero-order chi connectivity index (χ0) is 26.6. The van der Waals surface area contributed by atoms with Gasteiger partial charge in [-0.15, -0.1) is 0 Å². The monoisotopic (exact) mass is 524 g/mol. The van der Waals surface area contributed by atoms with Crippen LogP contribution in [-0.2, 0) is 22.9 Å². The largest absolute Gasteiger partial charge is 0.507 e. The second-order valence-electron chi connectivity index (χ2n) is 9.32. The molecule has 37 heavy (non-hydrogen) atoms. The maximum absolute atomic E-state index is 14.1. The molecule has 0 bridgehead atoms. The Morgan fingerprint density at radius 2 is 1.68 bits per heavy atom. The van der Waals surface area contributed by atoms with Crippen LogP contribution in [0.4, 0.5) is 5.69 Å². The molecule has 0 fully saturated rings.